The topological polar surface area (TPSA) is 46.6 Å². The lowest BCUT2D eigenvalue weighted by Crippen LogP contribution is -2.60. The molecule has 1 heterocycles. The van der Waals surface area contributed by atoms with Crippen molar-refractivity contribution in [2.45, 2.75) is 57.2 Å². The Bertz CT molecular complexity index is 362. The molecule has 1 aliphatic rings. The molecule has 5 heteroatoms. The molecule has 1 fully saturated rings. The van der Waals surface area contributed by atoms with Gasteiger partial charge < -0.3 is 9.64 Å². The first-order valence-corrected chi connectivity index (χ1v) is 6.90. The zero-order valence-electron chi connectivity index (χ0n) is 12.2. The van der Waals surface area contributed by atoms with Gasteiger partial charge in [0, 0.05) is 4.75 Å². The van der Waals surface area contributed by atoms with Gasteiger partial charge in [-0.2, -0.15) is 0 Å². The molecule has 0 aromatic rings. The molecule has 1 amide bonds. The van der Waals surface area contributed by atoms with Crippen LogP contribution in [0.1, 0.15) is 41.5 Å². The summed E-state index contributed by atoms with van der Waals surface area (Å²) in [5, 5.41) is -0.0471. The Kier molecular flexibility index (Phi) is 3.79. The van der Waals surface area contributed by atoms with Crippen LogP contribution >= 0.6 is 11.8 Å². The minimum absolute atomic E-state index is 0.0471. The van der Waals surface area contributed by atoms with Gasteiger partial charge in [-0.1, -0.05) is 20.8 Å². The summed E-state index contributed by atoms with van der Waals surface area (Å²) in [5.74, 6) is -0.362. The third kappa shape index (κ3) is 2.02. The minimum Gasteiger partial charge on any atom is -0.467 e. The molecule has 18 heavy (non-hydrogen) atoms. The van der Waals surface area contributed by atoms with Gasteiger partial charge in [0.05, 0.1) is 12.5 Å². The predicted molar refractivity (Wildman–Crippen MR) is 73.2 cm³/mol. The summed E-state index contributed by atoms with van der Waals surface area (Å²) < 4.78 is 4.52. The van der Waals surface area contributed by atoms with Crippen molar-refractivity contribution < 1.29 is 14.3 Å². The maximum atomic E-state index is 12.2. The molecule has 1 saturated heterocycles. The van der Waals surface area contributed by atoms with E-state index in [0.717, 1.165) is 6.41 Å². The second kappa shape index (κ2) is 4.44. The van der Waals surface area contributed by atoms with Crippen LogP contribution in [0, 0.1) is 5.41 Å². The Morgan fingerprint density at radius 2 is 1.83 bits per heavy atom. The number of nitrogens with zero attached hydrogens (tertiary/aromatic N) is 1. The molecule has 1 rings (SSSR count). The molecule has 2 atom stereocenters. The molecule has 0 bridgehead atoms. The second-order valence-electron chi connectivity index (χ2n) is 6.42. The van der Waals surface area contributed by atoms with Crippen molar-refractivity contribution in [2.24, 2.45) is 5.41 Å². The first-order chi connectivity index (χ1) is 8.02. The van der Waals surface area contributed by atoms with Gasteiger partial charge in [-0.3, -0.25) is 4.79 Å². The average Bonchev–Trinajstić information content (AvgIpc) is 2.46. The Labute approximate surface area is 113 Å². The molecule has 1 aliphatic heterocycles. The van der Waals surface area contributed by atoms with Gasteiger partial charge >= 0.3 is 5.97 Å². The zero-order valence-corrected chi connectivity index (χ0v) is 13.1. The second-order valence-corrected chi connectivity index (χ2v) is 8.13. The number of carbonyl (C=O) groups excluding carboxylic acids is 2. The number of ether oxygens (including phenoxy) is 1. The maximum absolute atomic E-state index is 12.2. The maximum Gasteiger partial charge on any atom is 0.332 e. The van der Waals surface area contributed by atoms with Crippen molar-refractivity contribution in [3.05, 3.63) is 0 Å². The fourth-order valence-electron chi connectivity index (χ4n) is 2.30. The first kappa shape index (κ1) is 15.3. The van der Waals surface area contributed by atoms with Crippen molar-refractivity contribution in [3.63, 3.8) is 0 Å². The molecule has 0 N–H and O–H groups in total. The van der Waals surface area contributed by atoms with Crippen molar-refractivity contribution in [3.8, 4) is 0 Å². The van der Waals surface area contributed by atoms with Gasteiger partial charge in [-0.05, 0) is 26.2 Å². The van der Waals surface area contributed by atoms with E-state index in [1.807, 2.05) is 13.8 Å². The third-order valence-electron chi connectivity index (χ3n) is 3.78. The van der Waals surface area contributed by atoms with E-state index in [0.29, 0.717) is 0 Å². The van der Waals surface area contributed by atoms with Crippen LogP contribution in [-0.4, -0.2) is 40.0 Å². The molecular formula is C13H23NO3S. The molecule has 2 unspecified atom stereocenters. The van der Waals surface area contributed by atoms with Crippen LogP contribution in [0.4, 0.5) is 0 Å². The SMILES string of the molecule is COC(=O)C1(C)N(C=O)C(C(C)(C)C)SC1(C)C. The number of hydrogen-bond acceptors (Lipinski definition) is 4. The van der Waals surface area contributed by atoms with Crippen LogP contribution in [-0.2, 0) is 14.3 Å². The zero-order chi connectivity index (χ0) is 14.4. The summed E-state index contributed by atoms with van der Waals surface area (Å²) in [6.45, 7) is 12.0. The lowest BCUT2D eigenvalue weighted by atomic mass is 9.84. The van der Waals surface area contributed by atoms with Crippen molar-refractivity contribution in [1.82, 2.24) is 4.90 Å². The Morgan fingerprint density at radius 3 is 2.17 bits per heavy atom. The van der Waals surface area contributed by atoms with Crippen LogP contribution in [0.15, 0.2) is 0 Å². The van der Waals surface area contributed by atoms with Crippen molar-refractivity contribution in [2.75, 3.05) is 7.11 Å². The third-order valence-corrected chi connectivity index (χ3v) is 5.93. The van der Waals surface area contributed by atoms with Crippen LogP contribution in [0.2, 0.25) is 0 Å². The lowest BCUT2D eigenvalue weighted by Gasteiger charge is -2.40. The molecule has 0 aliphatic carbocycles. The summed E-state index contributed by atoms with van der Waals surface area (Å²) in [6.07, 6.45) is 0.772. The average molecular weight is 273 g/mol. The largest absolute Gasteiger partial charge is 0.467 e. The fourth-order valence-corrected chi connectivity index (χ4v) is 4.00. The highest BCUT2D eigenvalue weighted by molar-refractivity contribution is 8.01. The normalized spacial score (nSPS) is 31.3. The van der Waals surface area contributed by atoms with E-state index in [4.69, 9.17) is 4.74 Å². The molecule has 0 aromatic heterocycles. The van der Waals surface area contributed by atoms with E-state index in [1.165, 1.54) is 7.11 Å². The smallest absolute Gasteiger partial charge is 0.332 e. The Morgan fingerprint density at radius 1 is 1.33 bits per heavy atom. The van der Waals surface area contributed by atoms with Crippen molar-refractivity contribution in [1.29, 1.82) is 0 Å². The summed E-state index contributed by atoms with van der Waals surface area (Å²) in [7, 11) is 1.36. The van der Waals surface area contributed by atoms with E-state index in [-0.39, 0.29) is 21.5 Å². The number of rotatable bonds is 2. The predicted octanol–water partition coefficient (Wildman–Crippen LogP) is 2.27. The molecule has 4 nitrogen and oxygen atoms in total. The van der Waals surface area contributed by atoms with E-state index in [9.17, 15) is 9.59 Å². The first-order valence-electron chi connectivity index (χ1n) is 6.02. The molecule has 104 valence electrons. The van der Waals surface area contributed by atoms with E-state index in [1.54, 1.807) is 23.6 Å². The van der Waals surface area contributed by atoms with Crippen LogP contribution in [0.25, 0.3) is 0 Å². The summed E-state index contributed by atoms with van der Waals surface area (Å²) in [6, 6.07) is 0. The van der Waals surface area contributed by atoms with Crippen molar-refractivity contribution >= 4 is 24.1 Å². The van der Waals surface area contributed by atoms with Crippen LogP contribution in [0.5, 0.6) is 0 Å². The highest BCUT2D eigenvalue weighted by Crippen LogP contribution is 2.55. The highest BCUT2D eigenvalue weighted by atomic mass is 32.2. The Balaban J connectivity index is 3.32. The fraction of sp³-hybridized carbons (Fsp3) is 0.846. The van der Waals surface area contributed by atoms with Gasteiger partial charge in [0.15, 0.2) is 5.54 Å². The van der Waals surface area contributed by atoms with E-state index in [2.05, 4.69) is 20.8 Å². The van der Waals surface area contributed by atoms with E-state index >= 15 is 0 Å². The lowest BCUT2D eigenvalue weighted by molar-refractivity contribution is -0.159. The van der Waals surface area contributed by atoms with Gasteiger partial charge in [0.25, 0.3) is 0 Å². The van der Waals surface area contributed by atoms with Gasteiger partial charge in [-0.15, -0.1) is 11.8 Å². The number of amides is 1. The van der Waals surface area contributed by atoms with Gasteiger partial charge in [-0.25, -0.2) is 4.79 Å². The minimum atomic E-state index is -0.938. The number of methoxy groups -OCH3 is 1. The summed E-state index contributed by atoms with van der Waals surface area (Å²) >= 11 is 1.65. The number of carbonyl (C=O) groups is 2. The standard InChI is InChI=1S/C13H23NO3S/c1-11(2,3)9-14(8-15)13(6,10(16)17-7)12(4,5)18-9/h8-9H,1-7H3. The molecule has 0 spiro atoms. The monoisotopic (exact) mass is 273 g/mol. The molecule has 0 saturated carbocycles. The van der Waals surface area contributed by atoms with Gasteiger partial charge in [0.1, 0.15) is 0 Å². The molecule has 0 aromatic carbocycles. The van der Waals surface area contributed by atoms with Crippen LogP contribution < -0.4 is 0 Å². The molecular weight excluding hydrogens is 250 g/mol. The number of hydrogen-bond donors (Lipinski definition) is 0. The summed E-state index contributed by atoms with van der Waals surface area (Å²) in [5.41, 5.74) is -1.04. The number of thioether (sulfide) groups is 1. The van der Waals surface area contributed by atoms with Crippen LogP contribution in [0.3, 0.4) is 0 Å². The summed E-state index contributed by atoms with van der Waals surface area (Å²) in [4.78, 5) is 25.3. The number of esters is 1. The highest BCUT2D eigenvalue weighted by Gasteiger charge is 2.63. The van der Waals surface area contributed by atoms with E-state index < -0.39 is 5.54 Å². The van der Waals surface area contributed by atoms with Gasteiger partial charge in [0.2, 0.25) is 6.41 Å². The quantitative estimate of drug-likeness (QED) is 0.572. The Hall–Kier alpha value is -0.710. The molecule has 0 radical (unpaired) electrons.